The number of nitrogens with one attached hydrogen (secondary N) is 1. The molecule has 98 valence electrons. The molecule has 0 radical (unpaired) electrons. The van der Waals surface area contributed by atoms with E-state index < -0.39 is 5.82 Å². The summed E-state index contributed by atoms with van der Waals surface area (Å²) in [6.07, 6.45) is 1.65. The molecule has 2 aromatic rings. The van der Waals surface area contributed by atoms with Crippen molar-refractivity contribution in [3.8, 4) is 0 Å². The van der Waals surface area contributed by atoms with Crippen LogP contribution in [0.25, 0.3) is 0 Å². The van der Waals surface area contributed by atoms with E-state index in [0.29, 0.717) is 0 Å². The number of amides is 1. The summed E-state index contributed by atoms with van der Waals surface area (Å²) in [5, 5.41) is 2.74. The molecule has 19 heavy (non-hydrogen) atoms. The number of hydrogen-bond acceptors (Lipinski definition) is 3. The minimum Gasteiger partial charge on any atom is -0.399 e. The summed E-state index contributed by atoms with van der Waals surface area (Å²) in [5.41, 5.74) is 6.66. The lowest BCUT2D eigenvalue weighted by molar-refractivity contribution is 0.0938. The van der Waals surface area contributed by atoms with Gasteiger partial charge in [-0.3, -0.25) is 9.78 Å². The Morgan fingerprint density at radius 1 is 1.37 bits per heavy atom. The summed E-state index contributed by atoms with van der Waals surface area (Å²) >= 11 is 0. The first-order valence-electron chi connectivity index (χ1n) is 5.84. The number of carbonyl (C=O) groups excluding carboxylic acids is 1. The fourth-order valence-electron chi connectivity index (χ4n) is 1.73. The molecule has 0 aliphatic carbocycles. The lowest BCUT2D eigenvalue weighted by Crippen LogP contribution is -2.27. The van der Waals surface area contributed by atoms with Crippen molar-refractivity contribution in [1.82, 2.24) is 10.3 Å². The molecule has 5 heteroatoms. The van der Waals surface area contributed by atoms with Crippen LogP contribution in [0.2, 0.25) is 0 Å². The predicted molar refractivity (Wildman–Crippen MR) is 70.9 cm³/mol. The van der Waals surface area contributed by atoms with E-state index >= 15 is 0 Å². The molecule has 1 unspecified atom stereocenters. The first-order valence-corrected chi connectivity index (χ1v) is 5.84. The summed E-state index contributed by atoms with van der Waals surface area (Å²) in [6, 6.07) is 8.93. The number of halogens is 1. The van der Waals surface area contributed by atoms with E-state index in [-0.39, 0.29) is 23.2 Å². The first kappa shape index (κ1) is 13.0. The first-order chi connectivity index (χ1) is 9.06. The number of pyridine rings is 1. The highest BCUT2D eigenvalue weighted by Gasteiger charge is 2.13. The van der Waals surface area contributed by atoms with Crippen LogP contribution in [0.15, 0.2) is 42.6 Å². The molecule has 0 bridgehead atoms. The highest BCUT2D eigenvalue weighted by molar-refractivity contribution is 5.95. The maximum Gasteiger partial charge on any atom is 0.251 e. The van der Waals surface area contributed by atoms with E-state index in [1.165, 1.54) is 12.1 Å². The van der Waals surface area contributed by atoms with Crippen molar-refractivity contribution in [2.75, 3.05) is 5.73 Å². The van der Waals surface area contributed by atoms with Crippen LogP contribution in [0.3, 0.4) is 0 Å². The van der Waals surface area contributed by atoms with E-state index in [0.717, 1.165) is 11.8 Å². The normalized spacial score (nSPS) is 11.9. The predicted octanol–water partition coefficient (Wildman–Crippen LogP) is 2.29. The third-order valence-corrected chi connectivity index (χ3v) is 2.66. The van der Waals surface area contributed by atoms with Gasteiger partial charge in [-0.2, -0.15) is 0 Å². The lowest BCUT2D eigenvalue weighted by Gasteiger charge is -2.13. The van der Waals surface area contributed by atoms with E-state index in [1.54, 1.807) is 12.3 Å². The molecular formula is C14H14FN3O. The minimum atomic E-state index is -0.532. The van der Waals surface area contributed by atoms with Crippen molar-refractivity contribution in [3.05, 3.63) is 59.7 Å². The van der Waals surface area contributed by atoms with Crippen molar-refractivity contribution in [3.63, 3.8) is 0 Å². The standard InChI is InChI=1S/C14H14FN3O/c1-9(13-4-2-3-5-17-13)18-14(19)10-6-11(15)8-12(16)7-10/h2-9H,16H2,1H3,(H,18,19). The molecule has 1 aromatic heterocycles. The Kier molecular flexibility index (Phi) is 3.75. The van der Waals surface area contributed by atoms with Gasteiger partial charge in [-0.15, -0.1) is 0 Å². The molecule has 0 fully saturated rings. The van der Waals surface area contributed by atoms with Gasteiger partial charge in [0.25, 0.3) is 5.91 Å². The number of benzene rings is 1. The number of rotatable bonds is 3. The van der Waals surface area contributed by atoms with Gasteiger partial charge in [-0.05, 0) is 37.3 Å². The van der Waals surface area contributed by atoms with Gasteiger partial charge in [0.05, 0.1) is 11.7 Å². The van der Waals surface area contributed by atoms with Gasteiger partial charge in [-0.25, -0.2) is 4.39 Å². The van der Waals surface area contributed by atoms with Gasteiger partial charge in [0.15, 0.2) is 0 Å². The summed E-state index contributed by atoms with van der Waals surface area (Å²) in [7, 11) is 0. The van der Waals surface area contributed by atoms with Gasteiger partial charge in [0.2, 0.25) is 0 Å². The summed E-state index contributed by atoms with van der Waals surface area (Å²) in [5.74, 6) is -0.917. The van der Waals surface area contributed by atoms with Gasteiger partial charge in [0.1, 0.15) is 5.82 Å². The van der Waals surface area contributed by atoms with Crippen LogP contribution in [0.4, 0.5) is 10.1 Å². The van der Waals surface area contributed by atoms with Crippen molar-refractivity contribution >= 4 is 11.6 Å². The Bertz CT molecular complexity index is 566. The molecule has 3 N–H and O–H groups in total. The molecule has 0 spiro atoms. The number of nitrogen functional groups attached to an aromatic ring is 1. The second kappa shape index (κ2) is 5.48. The third kappa shape index (κ3) is 3.28. The fraction of sp³-hybridized carbons (Fsp3) is 0.143. The molecule has 4 nitrogen and oxygen atoms in total. The topological polar surface area (TPSA) is 68.0 Å². The maximum absolute atomic E-state index is 13.2. The van der Waals surface area contributed by atoms with Gasteiger partial charge >= 0.3 is 0 Å². The van der Waals surface area contributed by atoms with Crippen molar-refractivity contribution in [2.45, 2.75) is 13.0 Å². The van der Waals surface area contributed by atoms with Gasteiger partial charge in [0, 0.05) is 17.4 Å². The quantitative estimate of drug-likeness (QED) is 0.831. The molecule has 1 amide bonds. The number of nitrogens with two attached hydrogens (primary N) is 1. The second-order valence-corrected chi connectivity index (χ2v) is 4.22. The Balaban J connectivity index is 2.13. The highest BCUT2D eigenvalue weighted by Crippen LogP contribution is 2.13. The smallest absolute Gasteiger partial charge is 0.251 e. The number of anilines is 1. The second-order valence-electron chi connectivity index (χ2n) is 4.22. The Morgan fingerprint density at radius 3 is 2.79 bits per heavy atom. The summed E-state index contributed by atoms with van der Waals surface area (Å²) < 4.78 is 13.2. The zero-order valence-corrected chi connectivity index (χ0v) is 10.4. The van der Waals surface area contributed by atoms with Crippen molar-refractivity contribution in [2.24, 2.45) is 0 Å². The average Bonchev–Trinajstić information content (AvgIpc) is 2.38. The summed E-state index contributed by atoms with van der Waals surface area (Å²) in [4.78, 5) is 16.1. The van der Waals surface area contributed by atoms with Gasteiger partial charge < -0.3 is 11.1 Å². The molecule has 0 aliphatic rings. The van der Waals surface area contributed by atoms with Crippen LogP contribution >= 0.6 is 0 Å². The number of aromatic nitrogens is 1. The van der Waals surface area contributed by atoms with Crippen molar-refractivity contribution in [1.29, 1.82) is 0 Å². The average molecular weight is 259 g/mol. The Morgan fingerprint density at radius 2 is 2.16 bits per heavy atom. The molecule has 1 atom stereocenters. The zero-order valence-electron chi connectivity index (χ0n) is 10.4. The maximum atomic E-state index is 13.2. The van der Waals surface area contributed by atoms with Crippen LogP contribution in [0.1, 0.15) is 29.0 Å². The lowest BCUT2D eigenvalue weighted by atomic mass is 10.1. The summed E-state index contributed by atoms with van der Waals surface area (Å²) in [6.45, 7) is 1.81. The molecule has 1 aromatic carbocycles. The van der Waals surface area contributed by atoms with Crippen LogP contribution in [0.5, 0.6) is 0 Å². The van der Waals surface area contributed by atoms with Crippen molar-refractivity contribution < 1.29 is 9.18 Å². The van der Waals surface area contributed by atoms with E-state index in [1.807, 2.05) is 19.1 Å². The SMILES string of the molecule is CC(NC(=O)c1cc(N)cc(F)c1)c1ccccn1. The van der Waals surface area contributed by atoms with Crippen LogP contribution in [-0.2, 0) is 0 Å². The van der Waals surface area contributed by atoms with Gasteiger partial charge in [-0.1, -0.05) is 6.07 Å². The molecular weight excluding hydrogens is 245 g/mol. The molecule has 0 saturated heterocycles. The monoisotopic (exact) mass is 259 g/mol. The molecule has 1 heterocycles. The third-order valence-electron chi connectivity index (χ3n) is 2.66. The van der Waals surface area contributed by atoms with E-state index in [9.17, 15) is 9.18 Å². The largest absolute Gasteiger partial charge is 0.399 e. The molecule has 2 rings (SSSR count). The highest BCUT2D eigenvalue weighted by atomic mass is 19.1. The zero-order chi connectivity index (χ0) is 13.8. The fourth-order valence-corrected chi connectivity index (χ4v) is 1.73. The van der Waals surface area contributed by atoms with Crippen LogP contribution < -0.4 is 11.1 Å². The van der Waals surface area contributed by atoms with E-state index in [4.69, 9.17) is 5.73 Å². The Hall–Kier alpha value is -2.43. The molecule has 0 saturated carbocycles. The van der Waals surface area contributed by atoms with Crippen LogP contribution in [0, 0.1) is 5.82 Å². The number of nitrogens with zero attached hydrogens (tertiary/aromatic N) is 1. The molecule has 0 aliphatic heterocycles. The van der Waals surface area contributed by atoms with E-state index in [2.05, 4.69) is 10.3 Å². The number of carbonyl (C=O) groups is 1. The minimum absolute atomic E-state index is 0.195. The Labute approximate surface area is 110 Å². The number of hydrogen-bond donors (Lipinski definition) is 2. The van der Waals surface area contributed by atoms with Crippen LogP contribution in [-0.4, -0.2) is 10.9 Å².